The second-order valence-electron chi connectivity index (χ2n) is 12.5. The monoisotopic (exact) mass is 634 g/mol. The fourth-order valence-electron chi connectivity index (χ4n) is 7.34. The van der Waals surface area contributed by atoms with Gasteiger partial charge in [0.05, 0.1) is 22.4 Å². The van der Waals surface area contributed by atoms with Gasteiger partial charge in [-0.05, 0) is 66.0 Å². The summed E-state index contributed by atoms with van der Waals surface area (Å²) in [6, 6.07) is 49.1. The molecule has 0 amide bonds. The molecule has 4 heterocycles. The van der Waals surface area contributed by atoms with Gasteiger partial charge >= 0.3 is 0 Å². The lowest BCUT2D eigenvalue weighted by molar-refractivity contribution is 0.549. The number of hydrogen-bond acceptors (Lipinski definition) is 6. The first-order valence-corrected chi connectivity index (χ1v) is 16.4. The van der Waals surface area contributed by atoms with Crippen molar-refractivity contribution in [3.05, 3.63) is 146 Å². The quantitative estimate of drug-likeness (QED) is 0.189. The van der Waals surface area contributed by atoms with Crippen LogP contribution in [0.25, 0.3) is 60.3 Å². The van der Waals surface area contributed by atoms with E-state index in [0.717, 1.165) is 72.3 Å². The zero-order valence-corrected chi connectivity index (χ0v) is 26.7. The highest BCUT2D eigenvalue weighted by Gasteiger charge is 2.25. The number of pyridine rings is 1. The van der Waals surface area contributed by atoms with E-state index < -0.39 is 0 Å². The second-order valence-corrected chi connectivity index (χ2v) is 12.5. The Morgan fingerprint density at radius 2 is 1.41 bits per heavy atom. The Labute approximate surface area is 282 Å². The van der Waals surface area contributed by atoms with Gasteiger partial charge < -0.3 is 14.2 Å². The third kappa shape index (κ3) is 4.29. The minimum atomic E-state index is 0.682. The maximum Gasteiger partial charge on any atom is 0.160 e. The average Bonchev–Trinajstić information content (AvgIpc) is 3.85. The van der Waals surface area contributed by atoms with Crippen molar-refractivity contribution in [2.24, 2.45) is 5.10 Å². The molecular formula is C42H30N6O. The highest BCUT2D eigenvalue weighted by atomic mass is 16.3. The third-order valence-corrected chi connectivity index (χ3v) is 9.51. The van der Waals surface area contributed by atoms with Crippen molar-refractivity contribution in [2.75, 3.05) is 23.6 Å². The molecule has 3 aromatic heterocycles. The van der Waals surface area contributed by atoms with Crippen LogP contribution >= 0.6 is 0 Å². The van der Waals surface area contributed by atoms with Crippen molar-refractivity contribution in [1.82, 2.24) is 14.5 Å². The van der Waals surface area contributed by atoms with Gasteiger partial charge in [0.1, 0.15) is 24.4 Å². The van der Waals surface area contributed by atoms with Crippen LogP contribution in [-0.4, -0.2) is 34.5 Å². The van der Waals surface area contributed by atoms with Crippen molar-refractivity contribution in [3.8, 4) is 5.82 Å². The predicted molar refractivity (Wildman–Crippen MR) is 202 cm³/mol. The SMILES string of the molecule is CN1C=NN(c2cccc(N(c3ccc4c5ccccc5n(-c5ccccn5)c4c3)c3c4ccccc4cc4c3oc3ccccc34)c2)C1. The fraction of sp³-hybridized carbons (Fsp3) is 0.0476. The number of hydrogen-bond donors (Lipinski definition) is 0. The van der Waals surface area contributed by atoms with Crippen LogP contribution in [0.3, 0.4) is 0 Å². The van der Waals surface area contributed by atoms with Crippen molar-refractivity contribution in [2.45, 2.75) is 0 Å². The van der Waals surface area contributed by atoms with Gasteiger partial charge in [-0.2, -0.15) is 5.10 Å². The zero-order chi connectivity index (χ0) is 32.5. The summed E-state index contributed by atoms with van der Waals surface area (Å²) in [7, 11) is 2.03. The van der Waals surface area contributed by atoms with E-state index in [1.807, 2.05) is 48.9 Å². The summed E-state index contributed by atoms with van der Waals surface area (Å²) in [4.78, 5) is 9.21. The topological polar surface area (TPSA) is 53.0 Å². The minimum absolute atomic E-state index is 0.682. The Kier molecular flexibility index (Phi) is 6.02. The van der Waals surface area contributed by atoms with Crippen LogP contribution in [0.1, 0.15) is 0 Å². The molecule has 0 saturated carbocycles. The number of rotatable bonds is 5. The van der Waals surface area contributed by atoms with Crippen LogP contribution in [0.2, 0.25) is 0 Å². The van der Waals surface area contributed by atoms with Gasteiger partial charge in [0, 0.05) is 51.6 Å². The predicted octanol–water partition coefficient (Wildman–Crippen LogP) is 10.4. The molecule has 1 aliphatic rings. The highest BCUT2D eigenvalue weighted by Crippen LogP contribution is 2.48. The number of fused-ring (bicyclic) bond motifs is 7. The molecule has 0 aliphatic carbocycles. The van der Waals surface area contributed by atoms with E-state index in [9.17, 15) is 0 Å². The Morgan fingerprint density at radius 3 is 2.27 bits per heavy atom. The molecule has 49 heavy (non-hydrogen) atoms. The van der Waals surface area contributed by atoms with Gasteiger partial charge in [0.25, 0.3) is 0 Å². The summed E-state index contributed by atoms with van der Waals surface area (Å²) in [6.07, 6.45) is 3.71. The van der Waals surface area contributed by atoms with E-state index in [2.05, 4.69) is 135 Å². The average molecular weight is 635 g/mol. The molecule has 234 valence electrons. The number of anilines is 4. The molecule has 6 aromatic carbocycles. The summed E-state index contributed by atoms with van der Waals surface area (Å²) in [5.74, 6) is 0.875. The molecule has 0 radical (unpaired) electrons. The van der Waals surface area contributed by atoms with Gasteiger partial charge in [-0.15, -0.1) is 0 Å². The molecule has 0 bridgehead atoms. The summed E-state index contributed by atoms with van der Waals surface area (Å²) < 4.78 is 9.05. The number of benzene rings is 6. The highest BCUT2D eigenvalue weighted by molar-refractivity contribution is 6.20. The number of hydrazone groups is 1. The summed E-state index contributed by atoms with van der Waals surface area (Å²) in [5.41, 5.74) is 7.90. The third-order valence-electron chi connectivity index (χ3n) is 9.51. The van der Waals surface area contributed by atoms with Crippen molar-refractivity contribution >= 4 is 83.6 Å². The van der Waals surface area contributed by atoms with Crippen LogP contribution in [0.5, 0.6) is 0 Å². The Morgan fingerprint density at radius 1 is 0.633 bits per heavy atom. The van der Waals surface area contributed by atoms with Gasteiger partial charge in [-0.3, -0.25) is 4.57 Å². The summed E-state index contributed by atoms with van der Waals surface area (Å²) in [5, 5.41) is 13.5. The maximum atomic E-state index is 6.79. The van der Waals surface area contributed by atoms with E-state index in [0.29, 0.717) is 6.67 Å². The number of nitrogens with zero attached hydrogens (tertiary/aromatic N) is 6. The van der Waals surface area contributed by atoms with E-state index in [-0.39, 0.29) is 0 Å². The van der Waals surface area contributed by atoms with Gasteiger partial charge in [-0.25, -0.2) is 9.99 Å². The summed E-state index contributed by atoms with van der Waals surface area (Å²) >= 11 is 0. The number of furan rings is 1. The Bertz CT molecular complexity index is 2740. The molecule has 0 spiro atoms. The molecule has 0 fully saturated rings. The molecule has 0 unspecified atom stereocenters. The molecule has 9 aromatic rings. The largest absolute Gasteiger partial charge is 0.454 e. The second kappa shape index (κ2) is 10.7. The smallest absolute Gasteiger partial charge is 0.160 e. The Balaban J connectivity index is 1.31. The Hall–Kier alpha value is -6.60. The van der Waals surface area contributed by atoms with Crippen LogP contribution in [0.4, 0.5) is 22.7 Å². The molecule has 10 rings (SSSR count). The maximum absolute atomic E-state index is 6.79. The van der Waals surface area contributed by atoms with Gasteiger partial charge in [0.2, 0.25) is 0 Å². The standard InChI is InChI=1S/C42H30N6O/c1-45-26-44-46(27-45)29-12-10-13-30(24-29)47(41-32-14-3-2-11-28(32)23-36-35-16-5-7-18-39(35)49-42(36)41)31-20-21-34-33-15-4-6-17-37(33)48(38(34)25-31)40-19-8-9-22-43-40/h2-26H,27H2,1H3. The van der Waals surface area contributed by atoms with E-state index in [1.54, 1.807) is 0 Å². The molecule has 0 N–H and O–H groups in total. The molecule has 0 saturated heterocycles. The van der Waals surface area contributed by atoms with Crippen LogP contribution in [0.15, 0.2) is 155 Å². The lowest BCUT2D eigenvalue weighted by atomic mass is 10.0. The first-order valence-electron chi connectivity index (χ1n) is 16.4. The molecule has 1 aliphatic heterocycles. The lowest BCUT2D eigenvalue weighted by Gasteiger charge is -2.28. The zero-order valence-electron chi connectivity index (χ0n) is 26.7. The van der Waals surface area contributed by atoms with Gasteiger partial charge in [-0.1, -0.05) is 78.9 Å². The van der Waals surface area contributed by atoms with Gasteiger partial charge in [0.15, 0.2) is 5.58 Å². The first kappa shape index (κ1) is 27.5. The van der Waals surface area contributed by atoms with E-state index in [1.165, 1.54) is 10.8 Å². The fourth-order valence-corrected chi connectivity index (χ4v) is 7.34. The lowest BCUT2D eigenvalue weighted by Crippen LogP contribution is -2.22. The minimum Gasteiger partial charge on any atom is -0.454 e. The van der Waals surface area contributed by atoms with Crippen molar-refractivity contribution < 1.29 is 4.42 Å². The van der Waals surface area contributed by atoms with Crippen LogP contribution in [-0.2, 0) is 0 Å². The van der Waals surface area contributed by atoms with Crippen LogP contribution in [0, 0.1) is 0 Å². The summed E-state index contributed by atoms with van der Waals surface area (Å²) in [6.45, 7) is 0.682. The molecule has 7 heteroatoms. The van der Waals surface area contributed by atoms with Crippen molar-refractivity contribution in [1.29, 1.82) is 0 Å². The molecule has 0 atom stereocenters. The molecule has 7 nitrogen and oxygen atoms in total. The van der Waals surface area contributed by atoms with Crippen molar-refractivity contribution in [3.63, 3.8) is 0 Å². The molecular weight excluding hydrogens is 605 g/mol. The number of para-hydroxylation sites is 2. The first-order chi connectivity index (χ1) is 24.2. The van der Waals surface area contributed by atoms with Crippen LogP contribution < -0.4 is 9.91 Å². The van der Waals surface area contributed by atoms with E-state index in [4.69, 9.17) is 9.40 Å². The number of aromatic nitrogens is 2. The van der Waals surface area contributed by atoms with E-state index >= 15 is 0 Å². The normalized spacial score (nSPS) is 13.2.